The standard InChI is InChI=1S/C14H19F3N2O7/c1-6(20)18-10-8(19-11(22)14(15,16)17)4-13(24,12(23)25-3)5-9(10)26-7(2)21/h8-10,24H,4-5H2,1-3H3,(H,18,20)(H,19,22)/t8-,9+,10+,13-/m0/s1. The van der Waals surface area contributed by atoms with Gasteiger partial charge in [-0.2, -0.15) is 13.2 Å². The number of rotatable bonds is 4. The number of methoxy groups -OCH3 is 1. The van der Waals surface area contributed by atoms with Gasteiger partial charge in [-0.25, -0.2) is 4.79 Å². The molecule has 1 saturated carbocycles. The summed E-state index contributed by atoms with van der Waals surface area (Å²) in [6.45, 7) is 2.06. The highest BCUT2D eigenvalue weighted by Gasteiger charge is 2.53. The summed E-state index contributed by atoms with van der Waals surface area (Å²) in [5.41, 5.74) is -2.33. The topological polar surface area (TPSA) is 131 Å². The summed E-state index contributed by atoms with van der Waals surface area (Å²) < 4.78 is 47.1. The Labute approximate surface area is 146 Å². The Balaban J connectivity index is 3.25. The number of carbonyl (C=O) groups is 4. The van der Waals surface area contributed by atoms with E-state index >= 15 is 0 Å². The summed E-state index contributed by atoms with van der Waals surface area (Å²) in [6, 6.07) is -2.86. The van der Waals surface area contributed by atoms with Crippen LogP contribution in [0.2, 0.25) is 0 Å². The van der Waals surface area contributed by atoms with Crippen LogP contribution in [0.5, 0.6) is 0 Å². The van der Waals surface area contributed by atoms with Crippen LogP contribution >= 0.6 is 0 Å². The minimum Gasteiger partial charge on any atom is -0.467 e. The van der Waals surface area contributed by atoms with E-state index in [1.807, 2.05) is 0 Å². The van der Waals surface area contributed by atoms with E-state index in [9.17, 15) is 37.5 Å². The summed E-state index contributed by atoms with van der Waals surface area (Å²) in [7, 11) is 0.949. The maximum atomic E-state index is 12.6. The van der Waals surface area contributed by atoms with Crippen molar-refractivity contribution in [3.05, 3.63) is 0 Å². The van der Waals surface area contributed by atoms with Crippen molar-refractivity contribution in [2.45, 2.75) is 56.7 Å². The molecule has 9 nitrogen and oxygen atoms in total. The second-order valence-corrected chi connectivity index (χ2v) is 5.88. The zero-order valence-corrected chi connectivity index (χ0v) is 14.2. The maximum Gasteiger partial charge on any atom is 0.471 e. The normalized spacial score (nSPS) is 28.7. The van der Waals surface area contributed by atoms with Gasteiger partial charge in [0, 0.05) is 26.7 Å². The van der Waals surface area contributed by atoms with Crippen LogP contribution in [0.3, 0.4) is 0 Å². The summed E-state index contributed by atoms with van der Waals surface area (Å²) in [5.74, 6) is -5.06. The lowest BCUT2D eigenvalue weighted by Gasteiger charge is -2.44. The lowest BCUT2D eigenvalue weighted by Crippen LogP contribution is -2.67. The minimum atomic E-state index is -5.24. The van der Waals surface area contributed by atoms with Gasteiger partial charge in [0.1, 0.15) is 6.10 Å². The first kappa shape index (κ1) is 21.7. The molecule has 12 heteroatoms. The van der Waals surface area contributed by atoms with Crippen molar-refractivity contribution in [3.63, 3.8) is 0 Å². The third kappa shape index (κ3) is 5.31. The number of nitrogens with one attached hydrogen (secondary N) is 2. The van der Waals surface area contributed by atoms with E-state index in [1.54, 1.807) is 5.32 Å². The van der Waals surface area contributed by atoms with E-state index in [2.05, 4.69) is 10.1 Å². The average Bonchev–Trinajstić information content (AvgIpc) is 2.47. The highest BCUT2D eigenvalue weighted by Crippen LogP contribution is 2.33. The molecule has 3 N–H and O–H groups in total. The summed E-state index contributed by atoms with van der Waals surface area (Å²) >= 11 is 0. The number of alkyl halides is 3. The number of amides is 2. The van der Waals surface area contributed by atoms with Crippen molar-refractivity contribution in [1.82, 2.24) is 10.6 Å². The first-order chi connectivity index (χ1) is 11.8. The number of halogens is 3. The van der Waals surface area contributed by atoms with Crippen LogP contribution in [0.25, 0.3) is 0 Å². The Morgan fingerprint density at radius 3 is 2.12 bits per heavy atom. The molecule has 1 fully saturated rings. The van der Waals surface area contributed by atoms with Gasteiger partial charge in [0.2, 0.25) is 5.91 Å². The number of hydrogen-bond acceptors (Lipinski definition) is 7. The van der Waals surface area contributed by atoms with Gasteiger partial charge in [-0.3, -0.25) is 14.4 Å². The predicted molar refractivity (Wildman–Crippen MR) is 77.3 cm³/mol. The summed E-state index contributed by atoms with van der Waals surface area (Å²) in [5, 5.41) is 14.3. The zero-order valence-electron chi connectivity index (χ0n) is 14.2. The molecule has 0 aliphatic heterocycles. The summed E-state index contributed by atoms with van der Waals surface area (Å²) in [4.78, 5) is 45.8. The highest BCUT2D eigenvalue weighted by atomic mass is 19.4. The molecule has 0 aromatic rings. The van der Waals surface area contributed by atoms with Crippen molar-refractivity contribution in [2.24, 2.45) is 0 Å². The van der Waals surface area contributed by atoms with Crippen molar-refractivity contribution >= 4 is 23.8 Å². The molecule has 1 aliphatic carbocycles. The lowest BCUT2D eigenvalue weighted by atomic mass is 9.76. The number of aliphatic hydroxyl groups is 1. The number of esters is 2. The van der Waals surface area contributed by atoms with Crippen LogP contribution in [0, 0.1) is 0 Å². The van der Waals surface area contributed by atoms with Crippen LogP contribution in [0.15, 0.2) is 0 Å². The monoisotopic (exact) mass is 384 g/mol. The van der Waals surface area contributed by atoms with Gasteiger partial charge < -0.3 is 25.2 Å². The van der Waals surface area contributed by atoms with Crippen LogP contribution in [-0.2, 0) is 28.7 Å². The molecular weight excluding hydrogens is 365 g/mol. The lowest BCUT2D eigenvalue weighted by molar-refractivity contribution is -0.184. The molecule has 1 rings (SSSR count). The van der Waals surface area contributed by atoms with Crippen molar-refractivity contribution in [1.29, 1.82) is 0 Å². The van der Waals surface area contributed by atoms with Crippen molar-refractivity contribution < 1.29 is 46.9 Å². The molecular formula is C14H19F3N2O7. The van der Waals surface area contributed by atoms with Gasteiger partial charge >= 0.3 is 24.0 Å². The first-order valence-electron chi connectivity index (χ1n) is 7.43. The van der Waals surface area contributed by atoms with Crippen LogP contribution in [-0.4, -0.2) is 65.9 Å². The van der Waals surface area contributed by atoms with E-state index in [4.69, 9.17) is 4.74 Å². The Hall–Kier alpha value is -2.37. The van der Waals surface area contributed by atoms with Crippen LogP contribution < -0.4 is 10.6 Å². The number of ether oxygens (including phenoxy) is 2. The predicted octanol–water partition coefficient (Wildman–Crippen LogP) is -0.832. The molecule has 26 heavy (non-hydrogen) atoms. The van der Waals surface area contributed by atoms with Gasteiger partial charge in [-0.15, -0.1) is 0 Å². The Kier molecular flexibility index (Phi) is 6.58. The fraction of sp³-hybridized carbons (Fsp3) is 0.714. The number of hydrogen-bond donors (Lipinski definition) is 3. The molecule has 1 aliphatic rings. The van der Waals surface area contributed by atoms with Gasteiger partial charge in [0.15, 0.2) is 5.60 Å². The SMILES string of the molecule is COC(=O)[C@]1(O)C[C@H](NC(=O)C(F)(F)F)[C@@H](NC(C)=O)[C@H](OC(C)=O)C1. The first-order valence-corrected chi connectivity index (χ1v) is 7.43. The van der Waals surface area contributed by atoms with Gasteiger partial charge in [-0.1, -0.05) is 0 Å². The van der Waals surface area contributed by atoms with Crippen molar-refractivity contribution in [2.75, 3.05) is 7.11 Å². The largest absolute Gasteiger partial charge is 0.471 e. The Bertz CT molecular complexity index is 596. The molecule has 148 valence electrons. The second kappa shape index (κ2) is 7.89. The van der Waals surface area contributed by atoms with Crippen LogP contribution in [0.4, 0.5) is 13.2 Å². The van der Waals surface area contributed by atoms with Crippen molar-refractivity contribution in [3.8, 4) is 0 Å². The maximum absolute atomic E-state index is 12.6. The minimum absolute atomic E-state index is 0.539. The van der Waals surface area contributed by atoms with E-state index in [-0.39, 0.29) is 0 Å². The molecule has 0 aromatic carbocycles. The fourth-order valence-electron chi connectivity index (χ4n) is 2.80. The quantitative estimate of drug-likeness (QED) is 0.539. The highest BCUT2D eigenvalue weighted by molar-refractivity contribution is 5.83. The Morgan fingerprint density at radius 1 is 1.12 bits per heavy atom. The van der Waals surface area contributed by atoms with Crippen LogP contribution in [0.1, 0.15) is 26.7 Å². The molecule has 0 unspecified atom stereocenters. The zero-order chi connectivity index (χ0) is 20.3. The number of carbonyl (C=O) groups excluding carboxylic acids is 4. The van der Waals surface area contributed by atoms with E-state index < -0.39 is 66.6 Å². The van der Waals surface area contributed by atoms with E-state index in [1.165, 1.54) is 0 Å². The molecule has 0 saturated heterocycles. The van der Waals surface area contributed by atoms with E-state index in [0.29, 0.717) is 0 Å². The van der Waals surface area contributed by atoms with Gasteiger partial charge in [-0.05, 0) is 0 Å². The molecule has 0 spiro atoms. The average molecular weight is 384 g/mol. The third-order valence-corrected chi connectivity index (χ3v) is 3.76. The molecule has 4 atom stereocenters. The van der Waals surface area contributed by atoms with Gasteiger partial charge in [0.05, 0.1) is 19.2 Å². The third-order valence-electron chi connectivity index (χ3n) is 3.76. The molecule has 2 amide bonds. The summed E-state index contributed by atoms with van der Waals surface area (Å²) in [6.07, 6.45) is -7.85. The molecule has 0 heterocycles. The molecule has 0 aromatic heterocycles. The fourth-order valence-corrected chi connectivity index (χ4v) is 2.80. The molecule has 0 radical (unpaired) electrons. The van der Waals surface area contributed by atoms with Gasteiger partial charge in [0.25, 0.3) is 0 Å². The Morgan fingerprint density at radius 2 is 1.69 bits per heavy atom. The van der Waals surface area contributed by atoms with E-state index in [0.717, 1.165) is 21.0 Å². The second-order valence-electron chi connectivity index (χ2n) is 5.88. The molecule has 0 bridgehead atoms. The smallest absolute Gasteiger partial charge is 0.467 e.